The number of nitro benzene ring substituents is 1. The number of aliphatic hydroxyl groups excluding tert-OH is 1. The Labute approximate surface area is 174 Å². The van der Waals surface area contributed by atoms with Crippen LogP contribution in [0.25, 0.3) is 0 Å². The molecule has 2 N–H and O–H groups in total. The van der Waals surface area contributed by atoms with Crippen LogP contribution in [-0.4, -0.2) is 43.0 Å². The van der Waals surface area contributed by atoms with E-state index in [1.54, 1.807) is 18.2 Å². The standard InChI is InChI=1S/C20H23N3O6S/c24-19-12-5-4-11-18(19)21-20(25)14-22(15-7-6-8-16(13-15)23(26)27)30(28,29)17-9-2-1-3-10-17/h1-3,6-10,13,18-19,24H,4-5,11-12,14H2,(H,21,25). The number of nitro groups is 1. The average molecular weight is 433 g/mol. The molecular formula is C20H23N3O6S. The fourth-order valence-corrected chi connectivity index (χ4v) is 4.89. The lowest BCUT2D eigenvalue weighted by atomic mass is 9.92. The molecule has 1 aliphatic rings. The second-order valence-electron chi connectivity index (χ2n) is 7.13. The van der Waals surface area contributed by atoms with Gasteiger partial charge < -0.3 is 10.4 Å². The molecule has 3 rings (SSSR count). The average Bonchev–Trinajstić information content (AvgIpc) is 2.74. The fraction of sp³-hybridized carbons (Fsp3) is 0.350. The number of rotatable bonds is 7. The van der Waals surface area contributed by atoms with Crippen molar-refractivity contribution in [3.63, 3.8) is 0 Å². The molecule has 30 heavy (non-hydrogen) atoms. The van der Waals surface area contributed by atoms with E-state index >= 15 is 0 Å². The number of hydrogen-bond donors (Lipinski definition) is 2. The van der Waals surface area contributed by atoms with E-state index in [9.17, 15) is 28.4 Å². The van der Waals surface area contributed by atoms with Crippen molar-refractivity contribution in [1.82, 2.24) is 5.32 Å². The van der Waals surface area contributed by atoms with Crippen LogP contribution in [0.4, 0.5) is 11.4 Å². The van der Waals surface area contributed by atoms with E-state index in [-0.39, 0.29) is 16.3 Å². The van der Waals surface area contributed by atoms with Gasteiger partial charge in [0.05, 0.1) is 27.7 Å². The van der Waals surface area contributed by atoms with Crippen molar-refractivity contribution in [1.29, 1.82) is 0 Å². The molecule has 0 spiro atoms. The number of amides is 1. The fourth-order valence-electron chi connectivity index (χ4n) is 3.46. The first kappa shape index (κ1) is 21.7. The van der Waals surface area contributed by atoms with Crippen molar-refractivity contribution >= 4 is 27.3 Å². The smallest absolute Gasteiger partial charge is 0.271 e. The molecule has 160 valence electrons. The van der Waals surface area contributed by atoms with E-state index in [1.807, 2.05) is 0 Å². The van der Waals surface area contributed by atoms with Crippen LogP contribution in [0.1, 0.15) is 25.7 Å². The molecule has 0 bridgehead atoms. The summed E-state index contributed by atoms with van der Waals surface area (Å²) in [5.74, 6) is -0.591. The molecule has 2 unspecified atom stereocenters. The summed E-state index contributed by atoms with van der Waals surface area (Å²) in [7, 11) is -4.16. The Morgan fingerprint density at radius 1 is 1.13 bits per heavy atom. The Hall–Kier alpha value is -2.98. The predicted molar refractivity (Wildman–Crippen MR) is 110 cm³/mol. The molecule has 10 heteroatoms. The number of carbonyl (C=O) groups excluding carboxylic acids is 1. The molecule has 0 aliphatic heterocycles. The van der Waals surface area contributed by atoms with E-state index in [0.29, 0.717) is 12.8 Å². The zero-order valence-corrected chi connectivity index (χ0v) is 17.0. The quantitative estimate of drug-likeness (QED) is 0.509. The lowest BCUT2D eigenvalue weighted by Crippen LogP contribution is -2.49. The molecule has 1 amide bonds. The van der Waals surface area contributed by atoms with Gasteiger partial charge in [-0.1, -0.05) is 37.1 Å². The SMILES string of the molecule is O=C(CN(c1cccc([N+](=O)[O-])c1)S(=O)(=O)c1ccccc1)NC1CCCCC1O. The molecule has 2 aromatic rings. The first-order chi connectivity index (χ1) is 14.3. The highest BCUT2D eigenvalue weighted by molar-refractivity contribution is 7.92. The summed E-state index contributed by atoms with van der Waals surface area (Å²) in [4.78, 5) is 23.2. The second-order valence-corrected chi connectivity index (χ2v) is 8.99. The number of benzene rings is 2. The van der Waals surface area contributed by atoms with E-state index in [1.165, 1.54) is 30.3 Å². The first-order valence-electron chi connectivity index (χ1n) is 9.59. The van der Waals surface area contributed by atoms with Crippen molar-refractivity contribution in [3.8, 4) is 0 Å². The van der Waals surface area contributed by atoms with Crippen molar-refractivity contribution in [2.24, 2.45) is 0 Å². The summed E-state index contributed by atoms with van der Waals surface area (Å²) in [6.45, 7) is -0.568. The summed E-state index contributed by atoms with van der Waals surface area (Å²) >= 11 is 0. The minimum Gasteiger partial charge on any atom is -0.391 e. The van der Waals surface area contributed by atoms with Crippen LogP contribution in [0, 0.1) is 10.1 Å². The van der Waals surface area contributed by atoms with Gasteiger partial charge in [0, 0.05) is 12.1 Å². The lowest BCUT2D eigenvalue weighted by Gasteiger charge is -2.30. The Morgan fingerprint density at radius 3 is 2.50 bits per heavy atom. The van der Waals surface area contributed by atoms with Crippen molar-refractivity contribution < 1.29 is 23.2 Å². The maximum atomic E-state index is 13.2. The number of carbonyl (C=O) groups is 1. The van der Waals surface area contributed by atoms with Gasteiger partial charge in [-0.3, -0.25) is 19.2 Å². The van der Waals surface area contributed by atoms with Crippen LogP contribution in [0.15, 0.2) is 59.5 Å². The topological polar surface area (TPSA) is 130 Å². The van der Waals surface area contributed by atoms with Crippen LogP contribution in [0.5, 0.6) is 0 Å². The molecular weight excluding hydrogens is 410 g/mol. The van der Waals surface area contributed by atoms with E-state index < -0.39 is 39.5 Å². The Balaban J connectivity index is 1.92. The number of nitrogens with zero attached hydrogens (tertiary/aromatic N) is 2. The monoisotopic (exact) mass is 433 g/mol. The molecule has 0 saturated heterocycles. The van der Waals surface area contributed by atoms with Crippen LogP contribution in [0.2, 0.25) is 0 Å². The third-order valence-corrected chi connectivity index (χ3v) is 6.81. The lowest BCUT2D eigenvalue weighted by molar-refractivity contribution is -0.384. The van der Waals surface area contributed by atoms with E-state index in [2.05, 4.69) is 5.32 Å². The summed E-state index contributed by atoms with van der Waals surface area (Å²) in [5, 5.41) is 23.9. The zero-order chi connectivity index (χ0) is 21.7. The summed E-state index contributed by atoms with van der Waals surface area (Å²) in [6, 6.07) is 12.2. The van der Waals surface area contributed by atoms with Crippen molar-refractivity contribution in [2.45, 2.75) is 42.7 Å². The second kappa shape index (κ2) is 9.23. The Kier molecular flexibility index (Phi) is 6.68. The summed E-state index contributed by atoms with van der Waals surface area (Å²) < 4.78 is 27.3. The first-order valence-corrected chi connectivity index (χ1v) is 11.0. The maximum absolute atomic E-state index is 13.2. The molecule has 1 aliphatic carbocycles. The number of aliphatic hydroxyl groups is 1. The van der Waals surface area contributed by atoms with Crippen LogP contribution in [-0.2, 0) is 14.8 Å². The van der Waals surface area contributed by atoms with Crippen LogP contribution in [0.3, 0.4) is 0 Å². The normalized spacial score (nSPS) is 19.1. The molecule has 2 atom stereocenters. The molecule has 2 aromatic carbocycles. The van der Waals surface area contributed by atoms with Crippen molar-refractivity contribution in [3.05, 3.63) is 64.7 Å². The predicted octanol–water partition coefficient (Wildman–Crippen LogP) is 2.21. The number of hydrogen-bond acceptors (Lipinski definition) is 6. The number of anilines is 1. The van der Waals surface area contributed by atoms with Gasteiger partial charge in [-0.25, -0.2) is 8.42 Å². The minimum atomic E-state index is -4.16. The largest absolute Gasteiger partial charge is 0.391 e. The molecule has 1 saturated carbocycles. The van der Waals surface area contributed by atoms with Crippen molar-refractivity contribution in [2.75, 3.05) is 10.8 Å². The number of nitrogens with one attached hydrogen (secondary N) is 1. The number of non-ortho nitro benzene ring substituents is 1. The van der Waals surface area contributed by atoms with E-state index in [4.69, 9.17) is 0 Å². The molecule has 0 aromatic heterocycles. The van der Waals surface area contributed by atoms with Gasteiger partial charge in [0.1, 0.15) is 6.54 Å². The van der Waals surface area contributed by atoms with Gasteiger partial charge in [-0.15, -0.1) is 0 Å². The minimum absolute atomic E-state index is 0.00685. The zero-order valence-electron chi connectivity index (χ0n) is 16.2. The third kappa shape index (κ3) is 4.95. The Bertz CT molecular complexity index is 1010. The summed E-state index contributed by atoms with van der Waals surface area (Å²) in [5.41, 5.74) is -0.281. The third-order valence-electron chi connectivity index (χ3n) is 5.02. The highest BCUT2D eigenvalue weighted by Gasteiger charge is 2.30. The van der Waals surface area contributed by atoms with Crippen LogP contribution >= 0.6 is 0 Å². The van der Waals surface area contributed by atoms with Gasteiger partial charge in [0.25, 0.3) is 15.7 Å². The van der Waals surface area contributed by atoms with Gasteiger partial charge in [-0.05, 0) is 31.0 Å². The van der Waals surface area contributed by atoms with E-state index in [0.717, 1.165) is 23.2 Å². The highest BCUT2D eigenvalue weighted by Crippen LogP contribution is 2.27. The van der Waals surface area contributed by atoms with Crippen LogP contribution < -0.4 is 9.62 Å². The number of sulfonamides is 1. The molecule has 9 nitrogen and oxygen atoms in total. The van der Waals surface area contributed by atoms with Gasteiger partial charge in [-0.2, -0.15) is 0 Å². The Morgan fingerprint density at radius 2 is 1.83 bits per heavy atom. The molecule has 1 fully saturated rings. The highest BCUT2D eigenvalue weighted by atomic mass is 32.2. The van der Waals surface area contributed by atoms with Gasteiger partial charge >= 0.3 is 0 Å². The maximum Gasteiger partial charge on any atom is 0.271 e. The van der Waals surface area contributed by atoms with Gasteiger partial charge in [0.2, 0.25) is 5.91 Å². The molecule has 0 heterocycles. The molecule has 0 radical (unpaired) electrons. The van der Waals surface area contributed by atoms with Gasteiger partial charge in [0.15, 0.2) is 0 Å². The summed E-state index contributed by atoms with van der Waals surface area (Å²) in [6.07, 6.45) is 2.23.